The monoisotopic (exact) mass is 231 g/mol. The van der Waals surface area contributed by atoms with E-state index in [1.54, 1.807) is 13.8 Å². The molecule has 0 spiro atoms. The molecular formula is C8H16F3NO3. The quantitative estimate of drug-likeness (QED) is 0.504. The second-order valence-electron chi connectivity index (χ2n) is 3.29. The van der Waals surface area contributed by atoms with Crippen LogP contribution in [0.3, 0.4) is 0 Å². The first-order valence-electron chi connectivity index (χ1n) is 4.52. The van der Waals surface area contributed by atoms with Crippen LogP contribution in [0.1, 0.15) is 13.8 Å². The molecule has 1 atom stereocenters. The van der Waals surface area contributed by atoms with Gasteiger partial charge in [-0.2, -0.15) is 18.7 Å². The van der Waals surface area contributed by atoms with Crippen LogP contribution in [0.15, 0.2) is 0 Å². The van der Waals surface area contributed by atoms with Crippen molar-refractivity contribution in [2.45, 2.75) is 32.2 Å². The second-order valence-corrected chi connectivity index (χ2v) is 3.29. The summed E-state index contributed by atoms with van der Waals surface area (Å²) in [5.74, 6) is 0. The fourth-order valence-corrected chi connectivity index (χ4v) is 0.650. The summed E-state index contributed by atoms with van der Waals surface area (Å²) >= 11 is 0. The molecule has 0 aromatic heterocycles. The third kappa shape index (κ3) is 11.6. The topological polar surface area (TPSA) is 50.7 Å². The van der Waals surface area contributed by atoms with Crippen LogP contribution in [0.25, 0.3) is 0 Å². The van der Waals surface area contributed by atoms with E-state index in [0.717, 1.165) is 0 Å². The van der Waals surface area contributed by atoms with Crippen LogP contribution < -0.4 is 5.48 Å². The van der Waals surface area contributed by atoms with Crippen LogP contribution in [0, 0.1) is 0 Å². The molecule has 92 valence electrons. The fourth-order valence-electron chi connectivity index (χ4n) is 0.650. The van der Waals surface area contributed by atoms with Gasteiger partial charge in [-0.05, 0) is 13.8 Å². The van der Waals surface area contributed by atoms with Crippen LogP contribution in [0.4, 0.5) is 13.2 Å². The fraction of sp³-hybridized carbons (Fsp3) is 1.00. The maximum absolute atomic E-state index is 11.6. The van der Waals surface area contributed by atoms with E-state index in [1.165, 1.54) is 0 Å². The Hall–Kier alpha value is -0.370. The molecule has 2 N–H and O–H groups in total. The number of hydroxylamine groups is 1. The highest BCUT2D eigenvalue weighted by atomic mass is 19.4. The zero-order chi connectivity index (χ0) is 11.9. The molecule has 0 aromatic carbocycles. The lowest BCUT2D eigenvalue weighted by Crippen LogP contribution is -2.33. The lowest BCUT2D eigenvalue weighted by molar-refractivity contribution is -0.191. The standard InChI is InChI=1S/C8H16F3NO3/c1-6(2)14-4-7(13)3-12-15-5-8(9,10)11/h6-7,12-13H,3-5H2,1-2H3. The minimum absolute atomic E-state index is 0.0317. The Morgan fingerprint density at radius 1 is 1.33 bits per heavy atom. The van der Waals surface area contributed by atoms with E-state index < -0.39 is 18.9 Å². The molecule has 1 unspecified atom stereocenters. The summed E-state index contributed by atoms with van der Waals surface area (Å²) in [5, 5.41) is 9.18. The van der Waals surface area contributed by atoms with Gasteiger partial charge in [0.2, 0.25) is 0 Å². The minimum Gasteiger partial charge on any atom is -0.389 e. The van der Waals surface area contributed by atoms with E-state index in [4.69, 9.17) is 4.74 Å². The summed E-state index contributed by atoms with van der Waals surface area (Å²) in [6.07, 6.45) is -5.29. The first-order valence-corrected chi connectivity index (χ1v) is 4.52. The Labute approximate surface area is 86.3 Å². The van der Waals surface area contributed by atoms with Gasteiger partial charge >= 0.3 is 6.18 Å². The van der Waals surface area contributed by atoms with Gasteiger partial charge in [-0.25, -0.2) is 0 Å². The molecule has 0 aromatic rings. The normalized spacial score (nSPS) is 14.6. The third-order valence-electron chi connectivity index (χ3n) is 1.28. The van der Waals surface area contributed by atoms with E-state index in [0.29, 0.717) is 0 Å². The maximum atomic E-state index is 11.6. The molecule has 0 saturated carbocycles. The van der Waals surface area contributed by atoms with Crippen LogP contribution in [0.5, 0.6) is 0 Å². The van der Waals surface area contributed by atoms with Crippen molar-refractivity contribution in [2.75, 3.05) is 19.8 Å². The van der Waals surface area contributed by atoms with Crippen molar-refractivity contribution in [3.8, 4) is 0 Å². The third-order valence-corrected chi connectivity index (χ3v) is 1.28. The maximum Gasteiger partial charge on any atom is 0.413 e. The smallest absolute Gasteiger partial charge is 0.389 e. The van der Waals surface area contributed by atoms with Crippen LogP contribution >= 0.6 is 0 Å². The Kier molecular flexibility index (Phi) is 6.82. The summed E-state index contributed by atoms with van der Waals surface area (Å²) in [4.78, 5) is 4.08. The first-order chi connectivity index (χ1) is 6.81. The zero-order valence-corrected chi connectivity index (χ0v) is 8.67. The number of nitrogens with one attached hydrogen (secondary N) is 1. The van der Waals surface area contributed by atoms with Gasteiger partial charge in [0.1, 0.15) is 0 Å². The molecular weight excluding hydrogens is 215 g/mol. The first kappa shape index (κ1) is 14.6. The average molecular weight is 231 g/mol. The lowest BCUT2D eigenvalue weighted by atomic mass is 10.4. The van der Waals surface area contributed by atoms with Crippen molar-refractivity contribution in [3.05, 3.63) is 0 Å². The Morgan fingerprint density at radius 2 is 1.93 bits per heavy atom. The molecule has 0 fully saturated rings. The van der Waals surface area contributed by atoms with Crippen molar-refractivity contribution >= 4 is 0 Å². The van der Waals surface area contributed by atoms with Gasteiger partial charge in [0.15, 0.2) is 6.61 Å². The number of hydrogen-bond acceptors (Lipinski definition) is 4. The summed E-state index contributed by atoms with van der Waals surface area (Å²) in [6.45, 7) is 2.15. The number of halogens is 3. The van der Waals surface area contributed by atoms with Crippen molar-refractivity contribution in [3.63, 3.8) is 0 Å². The summed E-state index contributed by atoms with van der Waals surface area (Å²) < 4.78 is 39.8. The highest BCUT2D eigenvalue weighted by Gasteiger charge is 2.27. The summed E-state index contributed by atoms with van der Waals surface area (Å²) in [5.41, 5.74) is 2.02. The SMILES string of the molecule is CC(C)OCC(O)CNOCC(F)(F)F. The van der Waals surface area contributed by atoms with E-state index >= 15 is 0 Å². The highest BCUT2D eigenvalue weighted by Crippen LogP contribution is 2.13. The van der Waals surface area contributed by atoms with Crippen molar-refractivity contribution in [1.29, 1.82) is 0 Å². The van der Waals surface area contributed by atoms with Gasteiger partial charge in [0, 0.05) is 6.54 Å². The van der Waals surface area contributed by atoms with Gasteiger partial charge in [0.05, 0.1) is 18.8 Å². The molecule has 0 rings (SSSR count). The molecule has 0 aliphatic rings. The number of alkyl halides is 3. The van der Waals surface area contributed by atoms with Gasteiger partial charge < -0.3 is 9.84 Å². The van der Waals surface area contributed by atoms with E-state index in [-0.39, 0.29) is 19.3 Å². The lowest BCUT2D eigenvalue weighted by Gasteiger charge is -2.14. The van der Waals surface area contributed by atoms with Crippen molar-refractivity contribution in [1.82, 2.24) is 5.48 Å². The zero-order valence-electron chi connectivity index (χ0n) is 8.67. The molecule has 0 aliphatic carbocycles. The number of aliphatic hydroxyl groups is 1. The molecule has 0 saturated heterocycles. The summed E-state index contributed by atoms with van der Waals surface area (Å²) in [7, 11) is 0. The van der Waals surface area contributed by atoms with Crippen LogP contribution in [-0.4, -0.2) is 43.2 Å². The predicted octanol–water partition coefficient (Wildman–Crippen LogP) is 0.856. The molecule has 4 nitrogen and oxygen atoms in total. The molecule has 0 bridgehead atoms. The van der Waals surface area contributed by atoms with Crippen LogP contribution in [-0.2, 0) is 9.57 Å². The Morgan fingerprint density at radius 3 is 2.40 bits per heavy atom. The molecule has 0 amide bonds. The average Bonchev–Trinajstić information content (AvgIpc) is 2.07. The van der Waals surface area contributed by atoms with Gasteiger partial charge in [-0.3, -0.25) is 4.84 Å². The molecule has 7 heteroatoms. The predicted molar refractivity (Wildman–Crippen MR) is 47.1 cm³/mol. The Balaban J connectivity index is 3.35. The highest BCUT2D eigenvalue weighted by molar-refractivity contribution is 4.55. The van der Waals surface area contributed by atoms with E-state index in [9.17, 15) is 18.3 Å². The molecule has 0 heterocycles. The molecule has 15 heavy (non-hydrogen) atoms. The molecule has 0 radical (unpaired) electrons. The van der Waals surface area contributed by atoms with E-state index in [1.807, 2.05) is 5.48 Å². The van der Waals surface area contributed by atoms with Gasteiger partial charge in [0.25, 0.3) is 0 Å². The van der Waals surface area contributed by atoms with Crippen molar-refractivity contribution in [2.24, 2.45) is 0 Å². The van der Waals surface area contributed by atoms with Gasteiger partial charge in [-0.1, -0.05) is 0 Å². The largest absolute Gasteiger partial charge is 0.413 e. The second kappa shape index (κ2) is 7.00. The minimum atomic E-state index is -4.37. The van der Waals surface area contributed by atoms with E-state index in [2.05, 4.69) is 4.84 Å². The Bertz CT molecular complexity index is 164. The van der Waals surface area contributed by atoms with Crippen molar-refractivity contribution < 1.29 is 27.9 Å². The molecule has 0 aliphatic heterocycles. The van der Waals surface area contributed by atoms with Gasteiger partial charge in [-0.15, -0.1) is 0 Å². The summed E-state index contributed by atoms with van der Waals surface area (Å²) in [6, 6.07) is 0. The number of hydrogen-bond donors (Lipinski definition) is 2. The number of ether oxygens (including phenoxy) is 1. The number of aliphatic hydroxyl groups excluding tert-OH is 1. The van der Waals surface area contributed by atoms with Crippen LogP contribution in [0.2, 0.25) is 0 Å². The number of rotatable bonds is 7.